The van der Waals surface area contributed by atoms with Crippen LogP contribution < -0.4 is 5.62 Å². The summed E-state index contributed by atoms with van der Waals surface area (Å²) >= 11 is 0. The summed E-state index contributed by atoms with van der Waals surface area (Å²) in [5, 5.41) is 4.58. The van der Waals surface area contributed by atoms with Crippen LogP contribution in [0.4, 0.5) is 5.69 Å². The molecule has 0 radical (unpaired) electrons. The van der Waals surface area contributed by atoms with E-state index < -0.39 is 0 Å². The Bertz CT molecular complexity index is 2890. The molecule has 0 amide bonds. The molecule has 0 aliphatic rings. The van der Waals surface area contributed by atoms with Gasteiger partial charge in [-0.1, -0.05) is 84.9 Å². The highest BCUT2D eigenvalue weighted by atomic mass is 16.3. The molecule has 5 nitrogen and oxygen atoms in total. The lowest BCUT2D eigenvalue weighted by Gasteiger charge is -2.09. The highest BCUT2D eigenvalue weighted by Crippen LogP contribution is 2.39. The maximum Gasteiger partial charge on any atom is 0.213 e. The first-order chi connectivity index (χ1) is 23.8. The third kappa shape index (κ3) is 4.08. The third-order valence-electron chi connectivity index (χ3n) is 9.33. The summed E-state index contributed by atoms with van der Waals surface area (Å²) in [6.07, 6.45) is 0. The number of fused-ring (bicyclic) bond motifs is 7. The lowest BCUT2D eigenvalue weighted by molar-refractivity contribution is 0.669. The second-order valence-electron chi connectivity index (χ2n) is 12.1. The summed E-state index contributed by atoms with van der Waals surface area (Å²) in [4.78, 5) is 8.61. The number of H-pyrrole nitrogens is 1. The van der Waals surface area contributed by atoms with Crippen LogP contribution in [0.5, 0.6) is 0 Å². The van der Waals surface area contributed by atoms with E-state index in [4.69, 9.17) is 9.41 Å². The van der Waals surface area contributed by atoms with Gasteiger partial charge >= 0.3 is 0 Å². The summed E-state index contributed by atoms with van der Waals surface area (Å²) in [5.41, 5.74) is 12.2. The van der Waals surface area contributed by atoms with E-state index in [1.54, 1.807) is 0 Å². The number of para-hydroxylation sites is 5. The molecule has 0 bridgehead atoms. The highest BCUT2D eigenvalue weighted by molar-refractivity contribution is 6.13. The van der Waals surface area contributed by atoms with E-state index in [0.29, 0.717) is 0 Å². The normalized spacial score (nSPS) is 12.3. The number of hydrogen-bond acceptors (Lipinski definition) is 2. The number of nitrogens with zero attached hydrogens (tertiary/aromatic N) is 3. The molecule has 0 saturated heterocycles. The second-order valence-corrected chi connectivity index (χ2v) is 12.1. The first-order valence-corrected chi connectivity index (χ1v) is 16.1. The Balaban J connectivity index is 1.20. The maximum absolute atomic E-state index is 6.47. The zero-order valence-corrected chi connectivity index (χ0v) is 25.8. The fourth-order valence-electron chi connectivity index (χ4n) is 7.19. The summed E-state index contributed by atoms with van der Waals surface area (Å²) in [6, 6.07) is 57.2. The van der Waals surface area contributed by atoms with E-state index in [-0.39, 0.29) is 0 Å². The Morgan fingerprint density at radius 1 is 0.479 bits per heavy atom. The number of imidazole rings is 1. The number of nitrogens with one attached hydrogen (secondary N) is 1. The number of hydrogen-bond donors (Lipinski definition) is 1. The molecule has 3 aromatic heterocycles. The molecule has 0 fully saturated rings. The molecule has 0 saturated carbocycles. The van der Waals surface area contributed by atoms with Crippen molar-refractivity contribution in [1.29, 1.82) is 0 Å². The van der Waals surface area contributed by atoms with Gasteiger partial charge in [0.25, 0.3) is 0 Å². The average molecular weight is 617 g/mol. The molecule has 0 unspecified atom stereocenters. The van der Waals surface area contributed by atoms with Gasteiger partial charge in [0.15, 0.2) is 0 Å². The quantitative estimate of drug-likeness (QED) is 0.210. The highest BCUT2D eigenvalue weighted by Gasteiger charge is 2.18. The van der Waals surface area contributed by atoms with Gasteiger partial charge in [0.2, 0.25) is 5.62 Å². The summed E-state index contributed by atoms with van der Waals surface area (Å²) in [5.74, 6) is 0. The van der Waals surface area contributed by atoms with Crippen LogP contribution in [0.25, 0.3) is 77.3 Å². The molecule has 5 heteroatoms. The average Bonchev–Trinajstić information content (AvgIpc) is 3.81. The van der Waals surface area contributed by atoms with Crippen LogP contribution in [0.2, 0.25) is 0 Å². The fraction of sp³-hybridized carbons (Fsp3) is 0. The third-order valence-corrected chi connectivity index (χ3v) is 9.33. The molecule has 0 aliphatic heterocycles. The van der Waals surface area contributed by atoms with Crippen molar-refractivity contribution in [1.82, 2.24) is 14.1 Å². The summed E-state index contributed by atoms with van der Waals surface area (Å²) < 4.78 is 11.0. The Morgan fingerprint density at radius 2 is 1.17 bits per heavy atom. The molecule has 0 aliphatic carbocycles. The van der Waals surface area contributed by atoms with Crippen LogP contribution in [-0.2, 0) is 0 Å². The fourth-order valence-corrected chi connectivity index (χ4v) is 7.19. The van der Waals surface area contributed by atoms with Gasteiger partial charge in [0, 0.05) is 21.8 Å². The summed E-state index contributed by atoms with van der Waals surface area (Å²) in [6.45, 7) is 0. The van der Waals surface area contributed by atoms with Crippen LogP contribution in [0.1, 0.15) is 0 Å². The lowest BCUT2D eigenvalue weighted by Crippen LogP contribution is -2.16. The van der Waals surface area contributed by atoms with Gasteiger partial charge in [-0.15, -0.1) is 0 Å². The number of furan rings is 1. The van der Waals surface area contributed by atoms with Crippen LogP contribution in [0.3, 0.4) is 0 Å². The molecule has 48 heavy (non-hydrogen) atoms. The Labute approximate surface area is 275 Å². The van der Waals surface area contributed by atoms with Crippen LogP contribution >= 0.6 is 0 Å². The molecule has 3 heterocycles. The van der Waals surface area contributed by atoms with Gasteiger partial charge < -0.3 is 14.0 Å². The van der Waals surface area contributed by atoms with Gasteiger partial charge in [-0.2, -0.15) is 0 Å². The van der Waals surface area contributed by atoms with Gasteiger partial charge in [-0.25, -0.2) is 4.99 Å². The zero-order valence-electron chi connectivity index (χ0n) is 25.8. The van der Waals surface area contributed by atoms with Gasteiger partial charge in [-0.3, -0.25) is 4.57 Å². The summed E-state index contributed by atoms with van der Waals surface area (Å²) in [7, 11) is 0. The van der Waals surface area contributed by atoms with Gasteiger partial charge in [-0.05, 0) is 90.0 Å². The smallest absolute Gasteiger partial charge is 0.213 e. The molecule has 226 valence electrons. The van der Waals surface area contributed by atoms with Crippen molar-refractivity contribution in [2.75, 3.05) is 0 Å². The van der Waals surface area contributed by atoms with Crippen molar-refractivity contribution >= 4 is 60.5 Å². The lowest BCUT2D eigenvalue weighted by atomic mass is 10.00. The molecule has 1 N–H and O–H groups in total. The standard InChI is InChI=1S/C43H28N4O/c1-3-12-30(13-4-1)44-43-45-35-17-8-10-19-38(35)47(43)39-20-11-21-41-42(39)34-27-29(23-25-40(34)48-41)28-22-24-37-33(26-28)32-16-7-9-18-36(32)46(37)31-14-5-2-6-15-31/h1-27H,(H,44,45). The molecule has 0 atom stereocenters. The monoisotopic (exact) mass is 616 g/mol. The van der Waals surface area contributed by atoms with Crippen molar-refractivity contribution in [3.63, 3.8) is 0 Å². The Morgan fingerprint density at radius 3 is 2.02 bits per heavy atom. The van der Waals surface area contributed by atoms with Gasteiger partial charge in [0.1, 0.15) is 11.2 Å². The van der Waals surface area contributed by atoms with Crippen molar-refractivity contribution in [2.45, 2.75) is 0 Å². The van der Waals surface area contributed by atoms with Crippen LogP contribution in [0, 0.1) is 0 Å². The number of rotatable bonds is 4. The van der Waals surface area contributed by atoms with E-state index >= 15 is 0 Å². The molecule has 10 aromatic rings. The zero-order chi connectivity index (χ0) is 31.6. The van der Waals surface area contributed by atoms with Crippen molar-refractivity contribution in [3.8, 4) is 22.5 Å². The Kier molecular flexibility index (Phi) is 5.81. The largest absolute Gasteiger partial charge is 0.456 e. The molecule has 10 rings (SSSR count). The SMILES string of the molecule is c1ccc(N=c2[nH]c3ccccc3n2-c2cccc3oc4ccc(-c5ccc6c(c5)c5ccccc5n6-c5ccccc5)cc4c23)cc1. The molecular weight excluding hydrogens is 589 g/mol. The van der Waals surface area contributed by atoms with Gasteiger partial charge in [0.05, 0.1) is 38.8 Å². The first kappa shape index (κ1) is 26.6. The molecule has 0 spiro atoms. The van der Waals surface area contributed by atoms with E-state index in [0.717, 1.165) is 66.8 Å². The van der Waals surface area contributed by atoms with E-state index in [2.05, 4.69) is 135 Å². The number of aromatic nitrogens is 3. The minimum Gasteiger partial charge on any atom is -0.456 e. The molecular formula is C43H28N4O. The van der Waals surface area contributed by atoms with E-state index in [9.17, 15) is 0 Å². The predicted octanol–water partition coefficient (Wildman–Crippen LogP) is 10.9. The van der Waals surface area contributed by atoms with Crippen molar-refractivity contribution < 1.29 is 4.42 Å². The number of benzene rings is 7. The van der Waals surface area contributed by atoms with E-state index in [1.807, 2.05) is 42.5 Å². The molecule has 7 aromatic carbocycles. The van der Waals surface area contributed by atoms with Crippen LogP contribution in [0.15, 0.2) is 173 Å². The van der Waals surface area contributed by atoms with Crippen LogP contribution in [-0.4, -0.2) is 14.1 Å². The van der Waals surface area contributed by atoms with E-state index in [1.165, 1.54) is 21.8 Å². The number of aromatic amines is 1. The topological polar surface area (TPSA) is 51.1 Å². The van der Waals surface area contributed by atoms with Crippen molar-refractivity contribution in [2.24, 2.45) is 4.99 Å². The van der Waals surface area contributed by atoms with Crippen molar-refractivity contribution in [3.05, 3.63) is 169 Å². The maximum atomic E-state index is 6.47. The predicted molar refractivity (Wildman–Crippen MR) is 196 cm³/mol. The minimum atomic E-state index is 0.751. The Hall–Kier alpha value is -6.59. The second kappa shape index (κ2) is 10.5. The minimum absolute atomic E-state index is 0.751. The first-order valence-electron chi connectivity index (χ1n) is 16.1.